The van der Waals surface area contributed by atoms with Gasteiger partial charge in [-0.25, -0.2) is 0 Å². The molecule has 0 N–H and O–H groups in total. The maximum absolute atomic E-state index is 2.76. The molecule has 0 spiro atoms. The van der Waals surface area contributed by atoms with Gasteiger partial charge in [-0.3, -0.25) is 0 Å². The molecule has 1 unspecified atom stereocenters. The number of hydrogen-bond donors (Lipinski definition) is 0. The second-order valence-electron chi connectivity index (χ2n) is 5.82. The van der Waals surface area contributed by atoms with Crippen molar-refractivity contribution in [2.75, 3.05) is 0 Å². The summed E-state index contributed by atoms with van der Waals surface area (Å²) in [7, 11) is 0. The van der Waals surface area contributed by atoms with Gasteiger partial charge in [0.05, 0.1) is 0 Å². The zero-order valence-electron chi connectivity index (χ0n) is 10.0. The molecule has 0 amide bonds. The summed E-state index contributed by atoms with van der Waals surface area (Å²) in [6.07, 6.45) is 0. The van der Waals surface area contributed by atoms with Gasteiger partial charge in [0.1, 0.15) is 0 Å². The van der Waals surface area contributed by atoms with Gasteiger partial charge in [-0.05, 0) is 0 Å². The van der Waals surface area contributed by atoms with E-state index in [-0.39, 0.29) is 0 Å². The molecule has 0 aliphatic heterocycles. The standard InChI is InChI=1S/C9H19N.Ra.Rb.H/c1-8(2,3)7-10-9(4,5)6;;;/h7H,1-6H3;;;/q-1;+1;;. The van der Waals surface area contributed by atoms with E-state index in [0.29, 0.717) is 54.2 Å². The Hall–Kier alpha value is 3.23. The molecule has 0 saturated heterocycles. The van der Waals surface area contributed by atoms with Crippen molar-refractivity contribution in [3.63, 3.8) is 0 Å². The van der Waals surface area contributed by atoms with E-state index in [1.807, 2.05) is 0 Å². The first kappa shape index (κ1) is 15.2. The van der Waals surface area contributed by atoms with Crippen LogP contribution in [0.2, 0.25) is 0 Å². The van der Waals surface area contributed by atoms with Gasteiger partial charge in [0.15, 0.2) is 0 Å². The van der Waals surface area contributed by atoms with Crippen molar-refractivity contribution in [1.29, 1.82) is 0 Å². The fourth-order valence-corrected chi connectivity index (χ4v) is 6.25. The second-order valence-corrected chi connectivity index (χ2v) is 12.5. The molecule has 3 heteroatoms. The van der Waals surface area contributed by atoms with Crippen molar-refractivity contribution in [2.45, 2.75) is 46.2 Å². The first-order chi connectivity index (χ1) is 5.07. The minimum absolute atomic E-state index is 0.425. The third kappa shape index (κ3) is 5.35. The van der Waals surface area contributed by atoms with E-state index in [9.17, 15) is 0 Å². The average molecular weight is 454 g/mol. The van der Waals surface area contributed by atoms with Crippen molar-refractivity contribution >= 4 is 55.5 Å². The molecule has 0 aliphatic carbocycles. The zero-order valence-corrected chi connectivity index (χ0v) is 23.2. The summed E-state index contributed by atoms with van der Waals surface area (Å²) in [5.41, 5.74) is 0.939. The summed E-state index contributed by atoms with van der Waals surface area (Å²) in [6, 6.07) is 0. The van der Waals surface area contributed by atoms with E-state index in [1.165, 1.54) is 0 Å². The molecule has 0 aromatic rings. The fraction of sp³-hybridized carbons (Fsp3) is 1.00. The van der Waals surface area contributed by atoms with Crippen LogP contribution in [-0.4, -0.2) is 60.6 Å². The Labute approximate surface area is 147 Å². The van der Waals surface area contributed by atoms with Crippen LogP contribution < -0.4 is 0 Å². The van der Waals surface area contributed by atoms with Crippen LogP contribution in [0.15, 0.2) is 0 Å². The van der Waals surface area contributed by atoms with Crippen LogP contribution in [0.5, 0.6) is 0 Å². The normalized spacial score (nSPS) is 16.7. The Balaban J connectivity index is 4.41. The van der Waals surface area contributed by atoms with Crippen LogP contribution in [0, 0.1) is 48.6 Å². The summed E-state index contributed by atoms with van der Waals surface area (Å²) in [5.74, 6) is 0. The predicted molar refractivity (Wildman–Crippen MR) is 52.0 cm³/mol. The SMILES string of the molecule is CC(C)(C)[CH]([Rb])[N]([RaH])C(C)(C)C. The summed E-state index contributed by atoms with van der Waals surface area (Å²) in [6.45, 7) is 14.2. The second kappa shape index (κ2) is 5.53. The molecule has 1 atom stereocenters. The fourth-order valence-electron chi connectivity index (χ4n) is 1.16. The van der Waals surface area contributed by atoms with E-state index in [1.54, 1.807) is 0 Å². The van der Waals surface area contributed by atoms with E-state index >= 15 is 0 Å². The van der Waals surface area contributed by atoms with Gasteiger partial charge in [-0.2, -0.15) is 0 Å². The van der Waals surface area contributed by atoms with Crippen LogP contribution in [-0.2, 0) is 0 Å². The van der Waals surface area contributed by atoms with E-state index < -0.39 is 0 Å². The summed E-state index contributed by atoms with van der Waals surface area (Å²) >= 11 is 1.26. The van der Waals surface area contributed by atoms with E-state index in [4.69, 9.17) is 0 Å². The molecule has 0 heterocycles. The van der Waals surface area contributed by atoms with Gasteiger partial charge in [0, 0.05) is 0 Å². The van der Waals surface area contributed by atoms with Crippen molar-refractivity contribution in [3.05, 3.63) is 0 Å². The molecule has 0 aromatic carbocycles. The number of hydrogen-bond acceptors (Lipinski definition) is 1. The number of nitrogens with zero attached hydrogens (tertiary/aromatic N) is 1. The van der Waals surface area contributed by atoms with Crippen LogP contribution in [0.3, 0.4) is 0 Å². The number of rotatable bonds is 1. The first-order valence-electron chi connectivity index (χ1n) is 4.80. The zero-order chi connectivity index (χ0) is 10.2. The Kier molecular flexibility index (Phi) is 7.02. The van der Waals surface area contributed by atoms with Gasteiger partial charge in [-0.1, -0.05) is 0 Å². The Bertz CT molecular complexity index is 128. The molecule has 0 aromatic heterocycles. The van der Waals surface area contributed by atoms with Gasteiger partial charge in [0.25, 0.3) is 0 Å². The van der Waals surface area contributed by atoms with E-state index in [0.717, 1.165) is 54.6 Å². The van der Waals surface area contributed by atoms with Gasteiger partial charge in [0.2, 0.25) is 0 Å². The third-order valence-electron chi connectivity index (χ3n) is 2.89. The molecule has 0 saturated carbocycles. The first-order valence-corrected chi connectivity index (χ1v) is 11.3. The van der Waals surface area contributed by atoms with Crippen molar-refractivity contribution < 1.29 is 43.2 Å². The average Bonchev–Trinajstić information content (AvgIpc) is 1.80. The summed E-state index contributed by atoms with van der Waals surface area (Å²) < 4.78 is 3.68. The molecular weight excluding hydrogens is 434 g/mol. The predicted octanol–water partition coefficient (Wildman–Crippen LogP) is 1.82. The molecule has 12 heavy (non-hydrogen) atoms. The molecule has 64 valence electrons. The van der Waals surface area contributed by atoms with Crippen molar-refractivity contribution in [3.8, 4) is 0 Å². The molecular formula is C9H20NRaRb. The third-order valence-corrected chi connectivity index (χ3v) is 28.2. The molecule has 0 radical (unpaired) electrons. The van der Waals surface area contributed by atoms with Gasteiger partial charge >= 0.3 is 151 Å². The topological polar surface area (TPSA) is 3.24 Å². The van der Waals surface area contributed by atoms with Crippen molar-refractivity contribution in [2.24, 2.45) is 5.41 Å². The molecule has 0 rings (SSSR count). The van der Waals surface area contributed by atoms with Crippen LogP contribution in [0.1, 0.15) is 41.5 Å². The Morgan fingerprint density at radius 3 is 1.50 bits per heavy atom. The quantitative estimate of drug-likeness (QED) is 0.586. The summed E-state index contributed by atoms with van der Waals surface area (Å²) in [5, 5.41) is 0. The monoisotopic (exact) mass is 453 g/mol. The molecule has 0 fully saturated rings. The van der Waals surface area contributed by atoms with Crippen LogP contribution in [0.25, 0.3) is 0 Å². The Morgan fingerprint density at radius 1 is 1.08 bits per heavy atom. The minimum atomic E-state index is 0.425. The molecule has 0 aliphatic rings. The van der Waals surface area contributed by atoms with Crippen molar-refractivity contribution in [1.82, 2.24) is 0.431 Å². The van der Waals surface area contributed by atoms with Crippen LogP contribution >= 0.6 is 0 Å². The van der Waals surface area contributed by atoms with Gasteiger partial charge < -0.3 is 0 Å². The van der Waals surface area contributed by atoms with Crippen LogP contribution in [0.4, 0.5) is 0 Å². The molecule has 0 bridgehead atoms. The van der Waals surface area contributed by atoms with Gasteiger partial charge in [-0.15, -0.1) is 0 Å². The Morgan fingerprint density at radius 2 is 1.42 bits per heavy atom. The summed E-state index contributed by atoms with van der Waals surface area (Å²) in [4.78, 5) is 0. The maximum atomic E-state index is 2.76. The van der Waals surface area contributed by atoms with E-state index in [2.05, 4.69) is 42.0 Å². The molecule has 1 nitrogen and oxygen atoms in total.